The number of benzene rings is 2. The Morgan fingerprint density at radius 1 is 0.895 bits per heavy atom. The van der Waals surface area contributed by atoms with E-state index in [4.69, 9.17) is 17.3 Å². The highest BCUT2D eigenvalue weighted by Gasteiger charge is 2.23. The third-order valence-corrected chi connectivity index (χ3v) is 5.30. The SMILES string of the molecule is NC1=C(Cl)C=S(c2ccccc2)N1c1ccccc1. The number of hydrogen-bond donors (Lipinski definition) is 1. The van der Waals surface area contributed by atoms with Gasteiger partial charge in [0.25, 0.3) is 0 Å². The van der Waals surface area contributed by atoms with E-state index in [0.717, 1.165) is 5.69 Å². The molecule has 19 heavy (non-hydrogen) atoms. The van der Waals surface area contributed by atoms with Gasteiger partial charge in [0.05, 0.1) is 10.7 Å². The number of nitrogens with zero attached hydrogens (tertiary/aromatic N) is 1. The predicted octanol–water partition coefficient (Wildman–Crippen LogP) is 3.92. The number of allylic oxidation sites excluding steroid dienone is 1. The van der Waals surface area contributed by atoms with Gasteiger partial charge in [-0.25, -0.2) is 0 Å². The lowest BCUT2D eigenvalue weighted by molar-refractivity contribution is 1.22. The summed E-state index contributed by atoms with van der Waals surface area (Å²) >= 11 is 6.22. The van der Waals surface area contributed by atoms with Crippen LogP contribution in [0.25, 0.3) is 0 Å². The lowest BCUT2D eigenvalue weighted by Crippen LogP contribution is -2.19. The summed E-state index contributed by atoms with van der Waals surface area (Å²) in [6.07, 6.45) is 0. The Labute approximate surface area is 120 Å². The van der Waals surface area contributed by atoms with Crippen LogP contribution in [0.2, 0.25) is 0 Å². The number of nitrogens with two attached hydrogens (primary N) is 1. The number of hydrogen-bond acceptors (Lipinski definition) is 2. The second kappa shape index (κ2) is 5.11. The van der Waals surface area contributed by atoms with Crippen LogP contribution in [0.4, 0.5) is 5.69 Å². The smallest absolute Gasteiger partial charge is 0.133 e. The molecule has 0 spiro atoms. The van der Waals surface area contributed by atoms with Crippen molar-refractivity contribution in [1.82, 2.24) is 0 Å². The molecule has 0 saturated heterocycles. The van der Waals surface area contributed by atoms with Gasteiger partial charge in [0, 0.05) is 10.3 Å². The zero-order chi connectivity index (χ0) is 13.2. The van der Waals surface area contributed by atoms with Gasteiger partial charge in [-0.1, -0.05) is 58.7 Å². The van der Waals surface area contributed by atoms with Crippen molar-refractivity contribution in [2.24, 2.45) is 5.73 Å². The Kier molecular flexibility index (Phi) is 3.32. The van der Waals surface area contributed by atoms with Crippen LogP contribution in [-0.2, 0) is 0 Å². The van der Waals surface area contributed by atoms with Crippen LogP contribution in [0.5, 0.6) is 0 Å². The molecule has 2 nitrogen and oxygen atoms in total. The second-order valence-electron chi connectivity index (χ2n) is 4.11. The first-order valence-electron chi connectivity index (χ1n) is 5.91. The zero-order valence-corrected chi connectivity index (χ0v) is 11.7. The summed E-state index contributed by atoms with van der Waals surface area (Å²) in [5, 5.41) is 2.63. The molecule has 0 aliphatic carbocycles. The standard InChI is InChI=1S/C15H13ClN2S/c16-14-11-19(13-9-5-2-6-10-13)18(15(14)17)12-7-3-1-4-8-12/h1-11H,17H2. The van der Waals surface area contributed by atoms with Crippen molar-refractivity contribution in [1.29, 1.82) is 0 Å². The fourth-order valence-corrected chi connectivity index (χ4v) is 4.22. The number of anilines is 1. The molecule has 3 rings (SSSR count). The molecule has 1 aliphatic rings. The van der Waals surface area contributed by atoms with Crippen molar-refractivity contribution < 1.29 is 0 Å². The fourth-order valence-electron chi connectivity index (χ4n) is 1.96. The molecule has 1 heterocycles. The van der Waals surface area contributed by atoms with Crippen LogP contribution < -0.4 is 10.0 Å². The Bertz CT molecular complexity index is 650. The minimum atomic E-state index is -0.262. The average Bonchev–Trinajstić information content (AvgIpc) is 2.77. The molecule has 0 bridgehead atoms. The topological polar surface area (TPSA) is 29.3 Å². The van der Waals surface area contributed by atoms with E-state index >= 15 is 0 Å². The van der Waals surface area contributed by atoms with Crippen LogP contribution in [-0.4, -0.2) is 5.37 Å². The van der Waals surface area contributed by atoms with Crippen LogP contribution >= 0.6 is 22.3 Å². The first-order valence-corrected chi connectivity index (χ1v) is 7.53. The summed E-state index contributed by atoms with van der Waals surface area (Å²) in [4.78, 5) is 1.20. The highest BCUT2D eigenvalue weighted by molar-refractivity contribution is 8.17. The molecule has 2 aromatic carbocycles. The third kappa shape index (κ3) is 2.27. The molecule has 0 amide bonds. The Hall–Kier alpha value is -1.71. The van der Waals surface area contributed by atoms with E-state index in [1.165, 1.54) is 4.90 Å². The van der Waals surface area contributed by atoms with Gasteiger partial charge in [0.15, 0.2) is 0 Å². The molecular formula is C15H13ClN2S. The molecule has 2 N–H and O–H groups in total. The number of para-hydroxylation sites is 1. The molecular weight excluding hydrogens is 276 g/mol. The summed E-state index contributed by atoms with van der Waals surface area (Å²) in [6, 6.07) is 20.3. The van der Waals surface area contributed by atoms with Gasteiger partial charge >= 0.3 is 0 Å². The van der Waals surface area contributed by atoms with Gasteiger partial charge in [-0.15, -0.1) is 0 Å². The van der Waals surface area contributed by atoms with Gasteiger partial charge in [-0.2, -0.15) is 0 Å². The molecule has 0 radical (unpaired) electrons. The molecule has 0 fully saturated rings. The van der Waals surface area contributed by atoms with Crippen LogP contribution in [0.3, 0.4) is 0 Å². The molecule has 96 valence electrons. The van der Waals surface area contributed by atoms with E-state index in [0.29, 0.717) is 10.9 Å². The summed E-state index contributed by atoms with van der Waals surface area (Å²) < 4.78 is 2.08. The van der Waals surface area contributed by atoms with E-state index < -0.39 is 0 Å². The molecule has 1 aliphatic heterocycles. The summed E-state index contributed by atoms with van der Waals surface area (Å²) in [5.74, 6) is 0.611. The van der Waals surface area contributed by atoms with E-state index in [9.17, 15) is 0 Å². The van der Waals surface area contributed by atoms with Crippen molar-refractivity contribution in [3.05, 3.63) is 71.5 Å². The minimum Gasteiger partial charge on any atom is -0.383 e. The van der Waals surface area contributed by atoms with E-state index in [-0.39, 0.29) is 10.7 Å². The van der Waals surface area contributed by atoms with E-state index in [1.807, 2.05) is 53.9 Å². The van der Waals surface area contributed by atoms with Gasteiger partial charge in [0.2, 0.25) is 0 Å². The van der Waals surface area contributed by atoms with Crippen molar-refractivity contribution in [3.63, 3.8) is 0 Å². The van der Waals surface area contributed by atoms with Crippen LogP contribution in [0.15, 0.2) is 76.4 Å². The fraction of sp³-hybridized carbons (Fsp3) is 0. The highest BCUT2D eigenvalue weighted by Crippen LogP contribution is 2.42. The zero-order valence-electron chi connectivity index (χ0n) is 10.2. The van der Waals surface area contributed by atoms with E-state index in [2.05, 4.69) is 16.4 Å². The van der Waals surface area contributed by atoms with Crippen LogP contribution in [0.1, 0.15) is 0 Å². The van der Waals surface area contributed by atoms with Crippen molar-refractivity contribution in [2.45, 2.75) is 4.90 Å². The Balaban J connectivity index is 2.09. The molecule has 0 aromatic heterocycles. The normalized spacial score (nSPS) is 18.6. The highest BCUT2D eigenvalue weighted by atomic mass is 35.5. The van der Waals surface area contributed by atoms with Gasteiger partial charge in [-0.3, -0.25) is 4.31 Å². The maximum absolute atomic E-state index is 6.22. The third-order valence-electron chi connectivity index (χ3n) is 2.85. The molecule has 1 atom stereocenters. The summed E-state index contributed by atoms with van der Waals surface area (Å²) in [5.41, 5.74) is 7.19. The first-order chi connectivity index (χ1) is 9.27. The summed E-state index contributed by atoms with van der Waals surface area (Å²) in [6.45, 7) is 0. The first kappa shape index (κ1) is 12.3. The summed E-state index contributed by atoms with van der Waals surface area (Å²) in [7, 11) is -0.262. The molecule has 0 saturated carbocycles. The monoisotopic (exact) mass is 288 g/mol. The lowest BCUT2D eigenvalue weighted by atomic mass is 10.3. The van der Waals surface area contributed by atoms with Gasteiger partial charge < -0.3 is 5.73 Å². The van der Waals surface area contributed by atoms with Crippen molar-refractivity contribution in [2.75, 3.05) is 4.31 Å². The maximum Gasteiger partial charge on any atom is 0.133 e. The Morgan fingerprint density at radius 2 is 1.47 bits per heavy atom. The average molecular weight is 289 g/mol. The quantitative estimate of drug-likeness (QED) is 0.849. The molecule has 1 unspecified atom stereocenters. The second-order valence-corrected chi connectivity index (χ2v) is 6.22. The predicted molar refractivity (Wildman–Crippen MR) is 84.4 cm³/mol. The number of halogens is 1. The van der Waals surface area contributed by atoms with Crippen molar-refractivity contribution >= 4 is 33.3 Å². The minimum absolute atomic E-state index is 0.262. The molecule has 2 aromatic rings. The van der Waals surface area contributed by atoms with Crippen LogP contribution in [0, 0.1) is 0 Å². The largest absolute Gasteiger partial charge is 0.383 e. The lowest BCUT2D eigenvalue weighted by Gasteiger charge is -2.24. The van der Waals surface area contributed by atoms with Gasteiger partial charge in [0.1, 0.15) is 5.82 Å². The molecule has 4 heteroatoms. The maximum atomic E-state index is 6.22. The van der Waals surface area contributed by atoms with Gasteiger partial charge in [-0.05, 0) is 24.3 Å². The van der Waals surface area contributed by atoms with E-state index in [1.54, 1.807) is 0 Å². The van der Waals surface area contributed by atoms with Crippen molar-refractivity contribution in [3.8, 4) is 0 Å². The number of rotatable bonds is 2. The Morgan fingerprint density at radius 3 is 2.11 bits per heavy atom.